The van der Waals surface area contributed by atoms with Gasteiger partial charge in [0.05, 0.1) is 6.07 Å². The highest BCUT2D eigenvalue weighted by atomic mass is 35.5. The molecule has 0 fully saturated rings. The molecule has 0 bridgehead atoms. The fraction of sp³-hybridized carbons (Fsp3) is 0.500. The minimum atomic E-state index is 0.0972. The van der Waals surface area contributed by atoms with Crippen LogP contribution in [0.25, 0.3) is 0 Å². The number of hydrogen-bond acceptors (Lipinski definition) is 1. The Balaban J connectivity index is 2.43. The van der Waals surface area contributed by atoms with Gasteiger partial charge in [0, 0.05) is 0 Å². The van der Waals surface area contributed by atoms with Crippen molar-refractivity contribution in [1.82, 2.24) is 0 Å². The molecule has 0 radical (unpaired) electrons. The summed E-state index contributed by atoms with van der Waals surface area (Å²) in [4.78, 5) is 0. The zero-order valence-corrected chi connectivity index (χ0v) is 2.79. The highest BCUT2D eigenvalue weighted by Gasteiger charge is 1.52. The monoisotopic (exact) mass is 77.0 g/mol. The van der Waals surface area contributed by atoms with Crippen molar-refractivity contribution in [2.45, 2.75) is 0 Å². The maximum atomic E-state index is 7.49. The average Bonchev–Trinajstić information content (AvgIpc) is 1.37. The first-order valence-corrected chi connectivity index (χ1v) is 1.38. The Bertz CT molecular complexity index is 35.8. The molecule has 0 amide bonds. The molecule has 4 heavy (non-hydrogen) atoms. The van der Waals surface area contributed by atoms with Crippen LogP contribution in [0.5, 0.6) is 0 Å². The van der Waals surface area contributed by atoms with Gasteiger partial charge in [-0.1, -0.05) is 0 Å². The molecule has 1 nitrogen and oxygen atoms in total. The van der Waals surface area contributed by atoms with E-state index < -0.39 is 0 Å². The molecule has 0 N–H and O–H groups in total. The van der Waals surface area contributed by atoms with Gasteiger partial charge in [0.1, 0.15) is 5.88 Å². The average molecular weight is 77.5 g/mol. The van der Waals surface area contributed by atoms with Gasteiger partial charge in [-0.25, -0.2) is 0 Å². The maximum absolute atomic E-state index is 7.49. The highest BCUT2D eigenvalue weighted by molar-refractivity contribution is 6.19. The molecule has 0 saturated carbocycles. The molecule has 2 heteroatoms. The topological polar surface area (TPSA) is 23.8 Å². The first-order valence-electron chi connectivity index (χ1n) is 0.844. The predicted molar refractivity (Wildman–Crippen MR) is 16.3 cm³/mol. The summed E-state index contributed by atoms with van der Waals surface area (Å²) < 4.78 is 0. The molecule has 0 heterocycles. The summed E-state index contributed by atoms with van der Waals surface area (Å²) in [5.41, 5.74) is 0. The molecule has 22 valence electrons. The van der Waals surface area contributed by atoms with Gasteiger partial charge in [0.15, 0.2) is 0 Å². The van der Waals surface area contributed by atoms with Crippen LogP contribution in [0.15, 0.2) is 0 Å². The number of nitrogens with zero attached hydrogens (tertiary/aromatic N) is 1. The van der Waals surface area contributed by atoms with Gasteiger partial charge in [-0.3, -0.25) is 0 Å². The van der Waals surface area contributed by atoms with Gasteiger partial charge in [-0.15, -0.1) is 11.6 Å². The van der Waals surface area contributed by atoms with Crippen molar-refractivity contribution in [2.75, 3.05) is 5.88 Å². The summed E-state index contributed by atoms with van der Waals surface area (Å²) in [6.07, 6.45) is 0. The number of hydrogen-bond donors (Lipinski definition) is 0. The van der Waals surface area contributed by atoms with Crippen molar-refractivity contribution < 1.29 is 0 Å². The largest absolute Gasteiger partial charge is 0.197 e. The van der Waals surface area contributed by atoms with Crippen molar-refractivity contribution in [3.63, 3.8) is 0 Å². The van der Waals surface area contributed by atoms with Crippen LogP contribution in [0, 0.1) is 11.3 Å². The lowest BCUT2D eigenvalue weighted by atomic mass is 11.5. The Morgan fingerprint density at radius 2 is 2.25 bits per heavy atom. The Kier molecular flexibility index (Phi) is 2.63. The van der Waals surface area contributed by atoms with Crippen molar-refractivity contribution in [3.05, 3.63) is 0 Å². The Morgan fingerprint density at radius 3 is 2.25 bits per heavy atom. The zero-order chi connectivity index (χ0) is 3.41. The second-order valence-corrected chi connectivity index (χ2v) is 0.559. The van der Waals surface area contributed by atoms with E-state index in [1.165, 1.54) is 0 Å². The molecule has 0 rings (SSSR count). The van der Waals surface area contributed by atoms with E-state index in [0.29, 0.717) is 0 Å². The lowest BCUT2D eigenvalue weighted by Crippen LogP contribution is -1.47. The third-order valence-corrected chi connectivity index (χ3v) is 0.179. The highest BCUT2D eigenvalue weighted by Crippen LogP contribution is 1.61. The van der Waals surface area contributed by atoms with Gasteiger partial charge < -0.3 is 0 Å². The minimum Gasteiger partial charge on any atom is -0.197 e. The maximum Gasteiger partial charge on any atom is 0.109 e. The molecule has 0 aliphatic carbocycles. The molecule has 0 aromatic rings. The molecule has 0 unspecified atom stereocenters. The third-order valence-electron chi connectivity index (χ3n) is 0.0598. The summed E-state index contributed by atoms with van der Waals surface area (Å²) in [5, 5.41) is 7.49. The van der Waals surface area contributed by atoms with Gasteiger partial charge in [-0.05, 0) is 0 Å². The van der Waals surface area contributed by atoms with Crippen LogP contribution in [-0.4, -0.2) is 5.88 Å². The van der Waals surface area contributed by atoms with Crippen LogP contribution in [0.1, 0.15) is 0 Å². The molecule has 0 aromatic heterocycles. The molecular weight excluding hydrogens is 75.5 g/mol. The Labute approximate surface area is 29.8 Å². The van der Waals surface area contributed by atoms with Crippen LogP contribution in [0.2, 0.25) is 0 Å². The van der Waals surface area contributed by atoms with E-state index in [1.54, 1.807) is 6.07 Å². The number of halogens is 1. The van der Waals surface area contributed by atoms with Crippen molar-refractivity contribution in [3.8, 4) is 6.07 Å². The van der Waals surface area contributed by atoms with Gasteiger partial charge >= 0.3 is 0 Å². The standard InChI is InChI=1S/C2H2ClN/c3-1-2-4/h1H2/i2+2. The molecular formula is C2H2ClN. The number of alkyl halides is 1. The van der Waals surface area contributed by atoms with Crippen LogP contribution in [-0.2, 0) is 0 Å². The van der Waals surface area contributed by atoms with E-state index in [4.69, 9.17) is 16.9 Å². The van der Waals surface area contributed by atoms with Crippen LogP contribution < -0.4 is 0 Å². The lowest BCUT2D eigenvalue weighted by Gasteiger charge is -1.44. The summed E-state index contributed by atoms with van der Waals surface area (Å²) in [7, 11) is 0. The normalized spacial score (nSPS) is 5.00. The predicted octanol–water partition coefficient (Wildman–Crippen LogP) is 0.749. The van der Waals surface area contributed by atoms with E-state index in [0.717, 1.165) is 0 Å². The number of nitriles is 1. The minimum absolute atomic E-state index is 0.0972. The van der Waals surface area contributed by atoms with Crippen LogP contribution >= 0.6 is 11.6 Å². The first kappa shape index (κ1) is 3.78. The van der Waals surface area contributed by atoms with Crippen LogP contribution in [0.4, 0.5) is 0 Å². The van der Waals surface area contributed by atoms with E-state index in [1.807, 2.05) is 0 Å². The van der Waals surface area contributed by atoms with E-state index in [9.17, 15) is 0 Å². The first-order chi connectivity index (χ1) is 1.91. The quantitative estimate of drug-likeness (QED) is 0.392. The fourth-order valence-electron chi connectivity index (χ4n) is 0. The zero-order valence-electron chi connectivity index (χ0n) is 2.03. The van der Waals surface area contributed by atoms with Crippen molar-refractivity contribution >= 4 is 11.6 Å². The summed E-state index contributed by atoms with van der Waals surface area (Å²) >= 11 is 4.82. The summed E-state index contributed by atoms with van der Waals surface area (Å²) in [5.74, 6) is 0.0972. The second-order valence-electron chi connectivity index (χ2n) is 0.292. The van der Waals surface area contributed by atoms with Gasteiger partial charge in [0.2, 0.25) is 0 Å². The molecule has 0 atom stereocenters. The van der Waals surface area contributed by atoms with Crippen molar-refractivity contribution in [2.24, 2.45) is 0 Å². The van der Waals surface area contributed by atoms with E-state index in [-0.39, 0.29) is 5.88 Å². The third kappa shape index (κ3) is 1.78. The fourth-order valence-corrected chi connectivity index (χ4v) is 0. The smallest absolute Gasteiger partial charge is 0.109 e. The van der Waals surface area contributed by atoms with Crippen molar-refractivity contribution in [1.29, 1.82) is 5.26 Å². The van der Waals surface area contributed by atoms with Crippen LogP contribution in [0.3, 0.4) is 0 Å². The second kappa shape index (κ2) is 2.78. The molecule has 0 aliphatic heterocycles. The summed E-state index contributed by atoms with van der Waals surface area (Å²) in [6.45, 7) is 0. The summed E-state index contributed by atoms with van der Waals surface area (Å²) in [6, 6.07) is 1.70. The van der Waals surface area contributed by atoms with Gasteiger partial charge in [-0.2, -0.15) is 5.26 Å². The Morgan fingerprint density at radius 1 is 2.00 bits per heavy atom. The van der Waals surface area contributed by atoms with Gasteiger partial charge in [0.25, 0.3) is 0 Å². The number of rotatable bonds is 0. The van der Waals surface area contributed by atoms with E-state index >= 15 is 0 Å². The Hall–Kier alpha value is -0.220. The molecule has 0 aromatic carbocycles. The molecule has 0 aliphatic rings. The SMILES string of the molecule is N#[14C]CCl. The molecule has 0 saturated heterocycles. The lowest BCUT2D eigenvalue weighted by molar-refractivity contribution is 1.49. The molecule has 0 spiro atoms. The van der Waals surface area contributed by atoms with E-state index in [2.05, 4.69) is 0 Å².